The van der Waals surface area contributed by atoms with Crippen LogP contribution >= 0.6 is 27.3 Å². The molecule has 0 saturated carbocycles. The second-order valence-electron chi connectivity index (χ2n) is 4.27. The maximum atomic E-state index is 12.2. The number of rotatable bonds is 4. The van der Waals surface area contributed by atoms with E-state index in [2.05, 4.69) is 15.9 Å². The van der Waals surface area contributed by atoms with Crippen molar-refractivity contribution >= 4 is 43.3 Å². The van der Waals surface area contributed by atoms with Gasteiger partial charge in [0.05, 0.1) is 5.92 Å². The third-order valence-electron chi connectivity index (χ3n) is 3.13. The second-order valence-corrected chi connectivity index (χ2v) is 8.17. The van der Waals surface area contributed by atoms with E-state index in [0.717, 1.165) is 11.3 Å². The minimum atomic E-state index is -3.47. The van der Waals surface area contributed by atoms with Gasteiger partial charge in [-0.25, -0.2) is 8.42 Å². The van der Waals surface area contributed by atoms with Crippen molar-refractivity contribution in [2.45, 2.75) is 11.1 Å². The lowest BCUT2D eigenvalue weighted by atomic mass is 9.89. The average molecular weight is 354 g/mol. The molecule has 0 aromatic carbocycles. The van der Waals surface area contributed by atoms with Crippen LogP contribution in [0.4, 0.5) is 0 Å². The molecule has 2 rings (SSSR count). The van der Waals surface area contributed by atoms with Crippen molar-refractivity contribution in [1.82, 2.24) is 4.31 Å². The van der Waals surface area contributed by atoms with Crippen LogP contribution in [-0.2, 0) is 14.8 Å². The van der Waals surface area contributed by atoms with E-state index in [4.69, 9.17) is 5.11 Å². The maximum absolute atomic E-state index is 12.2. The average Bonchev–Trinajstić information content (AvgIpc) is 2.61. The molecule has 0 radical (unpaired) electrons. The number of sulfonamides is 1. The molecule has 1 saturated heterocycles. The standard InChI is InChI=1S/C10H12BrNO4S2/c1-6(9(13)14)7-4-12(5-7)18(15,16)10-8(11)2-3-17-10/h2-3,6-7H,4-5H2,1H3,(H,13,14). The van der Waals surface area contributed by atoms with E-state index in [1.54, 1.807) is 18.4 Å². The van der Waals surface area contributed by atoms with Gasteiger partial charge in [0.2, 0.25) is 0 Å². The molecule has 1 aromatic heterocycles. The number of hydrogen-bond acceptors (Lipinski definition) is 4. The van der Waals surface area contributed by atoms with Gasteiger partial charge < -0.3 is 5.11 Å². The number of thiophene rings is 1. The summed E-state index contributed by atoms with van der Waals surface area (Å²) in [5, 5.41) is 10.6. The van der Waals surface area contributed by atoms with Crippen LogP contribution in [0.15, 0.2) is 20.1 Å². The smallest absolute Gasteiger partial charge is 0.306 e. The Labute approximate surface area is 118 Å². The van der Waals surface area contributed by atoms with Crippen molar-refractivity contribution in [3.63, 3.8) is 0 Å². The molecular weight excluding hydrogens is 342 g/mol. The monoisotopic (exact) mass is 353 g/mol. The summed E-state index contributed by atoms with van der Waals surface area (Å²) < 4.78 is 26.6. The van der Waals surface area contributed by atoms with Crippen LogP contribution in [0, 0.1) is 11.8 Å². The topological polar surface area (TPSA) is 74.7 Å². The van der Waals surface area contributed by atoms with Gasteiger partial charge in [0.15, 0.2) is 0 Å². The number of nitrogens with zero attached hydrogens (tertiary/aromatic N) is 1. The van der Waals surface area contributed by atoms with Crippen molar-refractivity contribution in [3.8, 4) is 0 Å². The van der Waals surface area contributed by atoms with Crippen molar-refractivity contribution in [2.24, 2.45) is 11.8 Å². The first kappa shape index (κ1) is 14.0. The minimum absolute atomic E-state index is 0.101. The Morgan fingerprint density at radius 1 is 1.61 bits per heavy atom. The van der Waals surface area contributed by atoms with Gasteiger partial charge >= 0.3 is 5.97 Å². The minimum Gasteiger partial charge on any atom is -0.481 e. The Morgan fingerprint density at radius 2 is 2.22 bits per heavy atom. The zero-order chi connectivity index (χ0) is 13.5. The van der Waals surface area contributed by atoms with E-state index in [1.165, 1.54) is 4.31 Å². The molecule has 2 heterocycles. The molecule has 0 amide bonds. The fourth-order valence-corrected chi connectivity index (χ4v) is 5.77. The number of carboxylic acids is 1. The maximum Gasteiger partial charge on any atom is 0.306 e. The number of hydrogen-bond donors (Lipinski definition) is 1. The summed E-state index contributed by atoms with van der Waals surface area (Å²) in [6, 6.07) is 1.69. The molecular formula is C10H12BrNO4S2. The highest BCUT2D eigenvalue weighted by molar-refractivity contribution is 9.10. The molecule has 8 heteroatoms. The summed E-state index contributed by atoms with van der Waals surface area (Å²) in [6.45, 7) is 2.16. The number of halogens is 1. The van der Waals surface area contributed by atoms with E-state index >= 15 is 0 Å². The van der Waals surface area contributed by atoms with Crippen molar-refractivity contribution < 1.29 is 18.3 Å². The molecule has 1 aliphatic heterocycles. The highest BCUT2D eigenvalue weighted by Gasteiger charge is 2.42. The molecule has 1 atom stereocenters. The van der Waals surface area contributed by atoms with Gasteiger partial charge in [-0.2, -0.15) is 4.31 Å². The van der Waals surface area contributed by atoms with E-state index < -0.39 is 21.9 Å². The lowest BCUT2D eigenvalue weighted by molar-refractivity contribution is -0.144. The van der Waals surface area contributed by atoms with Gasteiger partial charge in [-0.3, -0.25) is 4.79 Å². The van der Waals surface area contributed by atoms with Crippen LogP contribution in [0.1, 0.15) is 6.92 Å². The van der Waals surface area contributed by atoms with E-state index in [9.17, 15) is 13.2 Å². The number of carboxylic acid groups (broad SMARTS) is 1. The fourth-order valence-electron chi connectivity index (χ4n) is 1.76. The van der Waals surface area contributed by atoms with E-state index in [1.807, 2.05) is 0 Å². The first-order valence-corrected chi connectivity index (χ1v) is 8.41. The Hall–Kier alpha value is -0.440. The summed E-state index contributed by atoms with van der Waals surface area (Å²) in [7, 11) is -3.47. The van der Waals surface area contributed by atoms with Crippen LogP contribution in [0.25, 0.3) is 0 Å². The van der Waals surface area contributed by atoms with Gasteiger partial charge in [0.25, 0.3) is 10.0 Å². The molecule has 1 N–H and O–H groups in total. The summed E-state index contributed by atoms with van der Waals surface area (Å²) in [5.74, 6) is -1.49. The Balaban J connectivity index is 2.09. The highest BCUT2D eigenvalue weighted by atomic mass is 79.9. The van der Waals surface area contributed by atoms with Gasteiger partial charge in [0.1, 0.15) is 4.21 Å². The van der Waals surface area contributed by atoms with Crippen LogP contribution in [0.5, 0.6) is 0 Å². The number of carbonyl (C=O) groups is 1. The van der Waals surface area contributed by atoms with Crippen LogP contribution in [0.2, 0.25) is 0 Å². The molecule has 0 bridgehead atoms. The molecule has 100 valence electrons. The van der Waals surface area contributed by atoms with Crippen molar-refractivity contribution in [1.29, 1.82) is 0 Å². The SMILES string of the molecule is CC(C(=O)O)C1CN(S(=O)(=O)c2sccc2Br)C1. The quantitative estimate of drug-likeness (QED) is 0.896. The van der Waals surface area contributed by atoms with Crippen LogP contribution < -0.4 is 0 Å². The Morgan fingerprint density at radius 3 is 2.67 bits per heavy atom. The molecule has 5 nitrogen and oxygen atoms in total. The van der Waals surface area contributed by atoms with Crippen LogP contribution in [-0.4, -0.2) is 36.9 Å². The molecule has 1 aliphatic rings. The summed E-state index contributed by atoms with van der Waals surface area (Å²) in [6.07, 6.45) is 0. The number of aliphatic carboxylic acids is 1. The third kappa shape index (κ3) is 2.34. The lowest BCUT2D eigenvalue weighted by Gasteiger charge is -2.39. The third-order valence-corrected chi connectivity index (χ3v) is 7.61. The molecule has 18 heavy (non-hydrogen) atoms. The second kappa shape index (κ2) is 4.92. The molecule has 1 aromatic rings. The predicted molar refractivity (Wildman–Crippen MR) is 71.1 cm³/mol. The van der Waals surface area contributed by atoms with Gasteiger partial charge in [-0.05, 0) is 33.3 Å². The van der Waals surface area contributed by atoms with Crippen molar-refractivity contribution in [2.75, 3.05) is 13.1 Å². The Kier molecular flexibility index (Phi) is 3.82. The fraction of sp³-hybridized carbons (Fsp3) is 0.500. The van der Waals surface area contributed by atoms with Crippen LogP contribution in [0.3, 0.4) is 0 Å². The molecule has 1 unspecified atom stereocenters. The van der Waals surface area contributed by atoms with Gasteiger partial charge in [0, 0.05) is 17.6 Å². The van der Waals surface area contributed by atoms with Gasteiger partial charge in [-0.1, -0.05) is 6.92 Å². The van der Waals surface area contributed by atoms with Crippen molar-refractivity contribution in [3.05, 3.63) is 15.9 Å². The summed E-state index contributed by atoms with van der Waals surface area (Å²) in [5.41, 5.74) is 0. The highest BCUT2D eigenvalue weighted by Crippen LogP contribution is 2.35. The molecule has 1 fully saturated rings. The predicted octanol–water partition coefficient (Wildman–Crippen LogP) is 1.85. The zero-order valence-corrected chi connectivity index (χ0v) is 12.8. The largest absolute Gasteiger partial charge is 0.481 e. The van der Waals surface area contributed by atoms with Gasteiger partial charge in [-0.15, -0.1) is 11.3 Å². The molecule has 0 spiro atoms. The first-order chi connectivity index (χ1) is 8.34. The molecule has 0 aliphatic carbocycles. The van der Waals surface area contributed by atoms with E-state index in [0.29, 0.717) is 4.47 Å². The summed E-state index contributed by atoms with van der Waals surface area (Å²) in [4.78, 5) is 10.8. The normalized spacial score (nSPS) is 19.4. The van der Waals surface area contributed by atoms with E-state index in [-0.39, 0.29) is 23.2 Å². The lowest BCUT2D eigenvalue weighted by Crippen LogP contribution is -2.53. The summed E-state index contributed by atoms with van der Waals surface area (Å²) >= 11 is 4.36. The zero-order valence-electron chi connectivity index (χ0n) is 9.54. The first-order valence-electron chi connectivity index (χ1n) is 5.30. The Bertz CT molecular complexity index is 562.